The summed E-state index contributed by atoms with van der Waals surface area (Å²) in [4.78, 5) is 17.7. The number of ether oxygens (including phenoxy) is 2. The number of benzene rings is 2. The fraction of sp³-hybridized carbons (Fsp3) is 0.323. The molecule has 0 spiro atoms. The van der Waals surface area contributed by atoms with E-state index in [-0.39, 0.29) is 12.1 Å². The highest BCUT2D eigenvalue weighted by molar-refractivity contribution is 7.15. The molecule has 1 aliphatic heterocycles. The van der Waals surface area contributed by atoms with E-state index < -0.39 is 0 Å². The Morgan fingerprint density at radius 2 is 1.95 bits per heavy atom. The molecule has 0 saturated carbocycles. The predicted molar refractivity (Wildman–Crippen MR) is 152 cm³/mol. The number of carbonyl (C=O) groups is 1. The number of hydrogen-bond donors (Lipinski definition) is 1. The topological polar surface area (TPSA) is 55.7 Å². The number of urea groups is 1. The number of thiophene rings is 1. The molecule has 2 amide bonds. The second-order valence-electron chi connectivity index (χ2n) is 9.97. The third kappa shape index (κ3) is 4.35. The molecule has 0 unspecified atom stereocenters. The molecule has 3 heterocycles. The third-order valence-electron chi connectivity index (χ3n) is 7.52. The van der Waals surface area contributed by atoms with Crippen LogP contribution in [0.3, 0.4) is 0 Å². The van der Waals surface area contributed by atoms with Gasteiger partial charge in [-0.25, -0.2) is 4.79 Å². The van der Waals surface area contributed by atoms with Crippen LogP contribution in [0.4, 0.5) is 10.5 Å². The normalized spacial score (nSPS) is 16.2. The van der Waals surface area contributed by atoms with Gasteiger partial charge >= 0.3 is 6.03 Å². The maximum absolute atomic E-state index is 14.2. The van der Waals surface area contributed by atoms with Crippen molar-refractivity contribution in [2.75, 3.05) is 19.0 Å². The van der Waals surface area contributed by atoms with Gasteiger partial charge < -0.3 is 24.3 Å². The van der Waals surface area contributed by atoms with E-state index in [1.807, 2.05) is 60.4 Å². The number of aryl methyl sites for hydroxylation is 2. The van der Waals surface area contributed by atoms with Crippen LogP contribution in [0.15, 0.2) is 60.8 Å². The van der Waals surface area contributed by atoms with Crippen molar-refractivity contribution >= 4 is 23.1 Å². The van der Waals surface area contributed by atoms with Gasteiger partial charge in [0.1, 0.15) is 16.5 Å². The van der Waals surface area contributed by atoms with E-state index in [0.717, 1.165) is 35.4 Å². The van der Waals surface area contributed by atoms with E-state index in [0.29, 0.717) is 24.6 Å². The lowest BCUT2D eigenvalue weighted by Gasteiger charge is -2.32. The molecule has 7 heteroatoms. The number of methoxy groups -OCH3 is 1. The SMILES string of the molecule is CCOc1cccc([C@@H]2c3cccn3-c3sc4c(c3CN2C(=O)Nc2cc(C)ccc2OC)CCCC4)c1. The quantitative estimate of drug-likeness (QED) is 0.297. The summed E-state index contributed by atoms with van der Waals surface area (Å²) in [6.45, 7) is 5.12. The van der Waals surface area contributed by atoms with Gasteiger partial charge in [-0.15, -0.1) is 11.3 Å². The first-order chi connectivity index (χ1) is 18.6. The molecule has 6 rings (SSSR count). The van der Waals surface area contributed by atoms with E-state index in [1.165, 1.54) is 33.8 Å². The van der Waals surface area contributed by atoms with Crippen LogP contribution < -0.4 is 14.8 Å². The van der Waals surface area contributed by atoms with E-state index in [2.05, 4.69) is 40.3 Å². The number of nitrogens with one attached hydrogen (secondary N) is 1. The number of nitrogens with zero attached hydrogens (tertiary/aromatic N) is 2. The van der Waals surface area contributed by atoms with Crippen LogP contribution in [-0.4, -0.2) is 29.2 Å². The van der Waals surface area contributed by atoms with Crippen molar-refractivity contribution in [3.63, 3.8) is 0 Å². The van der Waals surface area contributed by atoms with Gasteiger partial charge in [-0.1, -0.05) is 18.2 Å². The zero-order valence-corrected chi connectivity index (χ0v) is 22.9. The Labute approximate surface area is 227 Å². The van der Waals surface area contributed by atoms with Gasteiger partial charge in [0.25, 0.3) is 0 Å². The summed E-state index contributed by atoms with van der Waals surface area (Å²) in [5.41, 5.74) is 6.53. The predicted octanol–water partition coefficient (Wildman–Crippen LogP) is 7.27. The Hall–Kier alpha value is -3.71. The molecule has 1 N–H and O–H groups in total. The molecule has 0 saturated heterocycles. The lowest BCUT2D eigenvalue weighted by Crippen LogP contribution is -2.38. The minimum atomic E-state index is -0.292. The third-order valence-corrected chi connectivity index (χ3v) is 8.85. The maximum atomic E-state index is 14.2. The van der Waals surface area contributed by atoms with E-state index >= 15 is 0 Å². The van der Waals surface area contributed by atoms with Crippen LogP contribution >= 0.6 is 11.3 Å². The lowest BCUT2D eigenvalue weighted by atomic mass is 9.95. The number of fused-ring (bicyclic) bond motifs is 5. The summed E-state index contributed by atoms with van der Waals surface area (Å²) >= 11 is 1.89. The Balaban J connectivity index is 1.49. The van der Waals surface area contributed by atoms with E-state index in [4.69, 9.17) is 9.47 Å². The van der Waals surface area contributed by atoms with Crippen LogP contribution in [-0.2, 0) is 19.4 Å². The van der Waals surface area contributed by atoms with Crippen LogP contribution in [0.5, 0.6) is 11.5 Å². The maximum Gasteiger partial charge on any atom is 0.323 e. The van der Waals surface area contributed by atoms with E-state index in [1.54, 1.807) is 7.11 Å². The second-order valence-corrected chi connectivity index (χ2v) is 11.1. The molecule has 0 fully saturated rings. The summed E-state index contributed by atoms with van der Waals surface area (Å²) in [6, 6.07) is 17.8. The molecule has 2 aromatic carbocycles. The van der Waals surface area contributed by atoms with Gasteiger partial charge in [0, 0.05) is 16.6 Å². The molecule has 2 aromatic heterocycles. The minimum absolute atomic E-state index is 0.155. The monoisotopic (exact) mass is 527 g/mol. The smallest absolute Gasteiger partial charge is 0.323 e. The molecule has 38 heavy (non-hydrogen) atoms. The van der Waals surface area contributed by atoms with Crippen molar-refractivity contribution in [3.8, 4) is 16.5 Å². The van der Waals surface area contributed by atoms with Crippen molar-refractivity contribution in [3.05, 3.63) is 93.6 Å². The van der Waals surface area contributed by atoms with Gasteiger partial charge in [-0.3, -0.25) is 0 Å². The van der Waals surface area contributed by atoms with E-state index in [9.17, 15) is 4.79 Å². The van der Waals surface area contributed by atoms with Crippen molar-refractivity contribution in [2.45, 2.75) is 52.1 Å². The molecular formula is C31H33N3O3S. The average molecular weight is 528 g/mol. The molecule has 4 aromatic rings. The number of anilines is 1. The number of hydrogen-bond acceptors (Lipinski definition) is 4. The van der Waals surface area contributed by atoms with Gasteiger partial charge in [-0.2, -0.15) is 0 Å². The van der Waals surface area contributed by atoms with Crippen molar-refractivity contribution in [1.82, 2.24) is 9.47 Å². The van der Waals surface area contributed by atoms with Gasteiger partial charge in [0.15, 0.2) is 0 Å². The molecule has 2 aliphatic rings. The molecule has 1 atom stereocenters. The Kier molecular flexibility index (Phi) is 6.62. The highest BCUT2D eigenvalue weighted by Crippen LogP contribution is 2.44. The first kappa shape index (κ1) is 24.6. The standard InChI is InChI=1S/C31H33N3O3S/c1-4-37-22-10-7-9-21(18-22)29-26-12-8-16-33(26)30-24(23-11-5-6-13-28(23)38-30)19-34(29)31(35)32-25-17-20(2)14-15-27(25)36-3/h7-10,12,14-18,29H,4-6,11,13,19H2,1-3H3,(H,32,35)/t29-/m1/s1. The molecule has 1 aliphatic carbocycles. The molecule has 0 bridgehead atoms. The van der Waals surface area contributed by atoms with Crippen LogP contribution in [0.1, 0.15) is 58.6 Å². The first-order valence-corrected chi connectivity index (χ1v) is 14.1. The van der Waals surface area contributed by atoms with Crippen molar-refractivity contribution in [2.24, 2.45) is 0 Å². The molecule has 6 nitrogen and oxygen atoms in total. The summed E-state index contributed by atoms with van der Waals surface area (Å²) < 4.78 is 13.7. The molecule has 0 radical (unpaired) electrons. The lowest BCUT2D eigenvalue weighted by molar-refractivity contribution is 0.194. The summed E-state index contributed by atoms with van der Waals surface area (Å²) in [6.07, 6.45) is 6.76. The average Bonchev–Trinajstić information content (AvgIpc) is 3.51. The number of amides is 2. The van der Waals surface area contributed by atoms with Crippen LogP contribution in [0.2, 0.25) is 0 Å². The number of aromatic nitrogens is 1. The molecular weight excluding hydrogens is 494 g/mol. The van der Waals surface area contributed by atoms with Crippen LogP contribution in [0.25, 0.3) is 5.00 Å². The van der Waals surface area contributed by atoms with Gasteiger partial charge in [-0.05, 0) is 92.6 Å². The first-order valence-electron chi connectivity index (χ1n) is 13.3. The van der Waals surface area contributed by atoms with Crippen molar-refractivity contribution < 1.29 is 14.3 Å². The van der Waals surface area contributed by atoms with Crippen LogP contribution in [0, 0.1) is 6.92 Å². The summed E-state index contributed by atoms with van der Waals surface area (Å²) in [7, 11) is 1.63. The zero-order valence-electron chi connectivity index (χ0n) is 22.1. The van der Waals surface area contributed by atoms with Gasteiger partial charge in [0.2, 0.25) is 0 Å². The fourth-order valence-electron chi connectivity index (χ4n) is 5.79. The Morgan fingerprint density at radius 1 is 1.08 bits per heavy atom. The summed E-state index contributed by atoms with van der Waals surface area (Å²) in [5.74, 6) is 1.45. The zero-order chi connectivity index (χ0) is 26.2. The van der Waals surface area contributed by atoms with Crippen molar-refractivity contribution in [1.29, 1.82) is 0 Å². The number of carbonyl (C=O) groups excluding carboxylic acids is 1. The largest absolute Gasteiger partial charge is 0.495 e. The minimum Gasteiger partial charge on any atom is -0.495 e. The fourth-order valence-corrected chi connectivity index (χ4v) is 7.19. The second kappa shape index (κ2) is 10.2. The summed E-state index contributed by atoms with van der Waals surface area (Å²) in [5, 5.41) is 4.43. The Morgan fingerprint density at radius 3 is 2.79 bits per heavy atom. The molecule has 196 valence electrons. The highest BCUT2D eigenvalue weighted by Gasteiger charge is 2.36. The Bertz CT molecular complexity index is 1490. The highest BCUT2D eigenvalue weighted by atomic mass is 32.1. The van der Waals surface area contributed by atoms with Gasteiger partial charge in [0.05, 0.1) is 37.7 Å². The number of rotatable bonds is 5.